The van der Waals surface area contributed by atoms with Crippen molar-refractivity contribution in [1.82, 2.24) is 4.90 Å². The first-order chi connectivity index (χ1) is 11.1. The van der Waals surface area contributed by atoms with E-state index in [2.05, 4.69) is 6.92 Å². The van der Waals surface area contributed by atoms with Gasteiger partial charge in [0.1, 0.15) is 6.61 Å². The largest absolute Gasteiger partial charge is 0.461 e. The molecule has 0 aromatic heterocycles. The molecular formula is C20H39NO2. The van der Waals surface area contributed by atoms with Crippen LogP contribution < -0.4 is 0 Å². The van der Waals surface area contributed by atoms with Gasteiger partial charge in [0.05, 0.1) is 0 Å². The third kappa shape index (κ3) is 15.8. The van der Waals surface area contributed by atoms with E-state index < -0.39 is 0 Å². The van der Waals surface area contributed by atoms with Gasteiger partial charge in [-0.3, -0.25) is 0 Å². The molecule has 0 radical (unpaired) electrons. The van der Waals surface area contributed by atoms with Crippen molar-refractivity contribution in [1.29, 1.82) is 0 Å². The fourth-order valence-electron chi connectivity index (χ4n) is 2.47. The van der Waals surface area contributed by atoms with E-state index in [9.17, 15) is 4.79 Å². The molecule has 0 spiro atoms. The van der Waals surface area contributed by atoms with Crippen LogP contribution in [0.25, 0.3) is 0 Å². The maximum absolute atomic E-state index is 11.7. The first-order valence-electron chi connectivity index (χ1n) is 9.56. The molecule has 3 heteroatoms. The highest BCUT2D eigenvalue weighted by atomic mass is 16.5. The predicted molar refractivity (Wildman–Crippen MR) is 99.7 cm³/mol. The summed E-state index contributed by atoms with van der Waals surface area (Å²) in [5.74, 6) is -0.168. The maximum Gasteiger partial charge on any atom is 0.333 e. The van der Waals surface area contributed by atoms with Crippen LogP contribution in [-0.2, 0) is 9.53 Å². The average molecular weight is 326 g/mol. The zero-order valence-corrected chi connectivity index (χ0v) is 16.0. The van der Waals surface area contributed by atoms with Crippen LogP contribution in [0.2, 0.25) is 0 Å². The van der Waals surface area contributed by atoms with Crippen LogP contribution in [0.4, 0.5) is 0 Å². The summed E-state index contributed by atoms with van der Waals surface area (Å²) in [6, 6.07) is 0. The third-order valence-corrected chi connectivity index (χ3v) is 4.10. The Morgan fingerprint density at radius 2 is 1.43 bits per heavy atom. The smallest absolute Gasteiger partial charge is 0.333 e. The Bertz CT molecular complexity index is 311. The van der Waals surface area contributed by atoms with Crippen LogP contribution in [0.5, 0.6) is 0 Å². The lowest BCUT2D eigenvalue weighted by Gasteiger charge is -2.10. The lowest BCUT2D eigenvalue weighted by molar-refractivity contribution is -0.139. The van der Waals surface area contributed by atoms with E-state index in [1.165, 1.54) is 64.2 Å². The van der Waals surface area contributed by atoms with Crippen molar-refractivity contribution in [2.75, 3.05) is 27.2 Å². The van der Waals surface area contributed by atoms with E-state index in [4.69, 9.17) is 4.74 Å². The summed E-state index contributed by atoms with van der Waals surface area (Å²) in [6.07, 6.45) is 16.5. The summed E-state index contributed by atoms with van der Waals surface area (Å²) in [7, 11) is 3.95. The van der Waals surface area contributed by atoms with Gasteiger partial charge in [-0.2, -0.15) is 0 Å². The monoisotopic (exact) mass is 325 g/mol. The van der Waals surface area contributed by atoms with Gasteiger partial charge in [0, 0.05) is 12.1 Å². The van der Waals surface area contributed by atoms with Crippen LogP contribution in [0.1, 0.15) is 84.5 Å². The molecule has 0 aliphatic heterocycles. The highest BCUT2D eigenvalue weighted by Gasteiger charge is 2.05. The molecule has 23 heavy (non-hydrogen) atoms. The summed E-state index contributed by atoms with van der Waals surface area (Å²) < 4.78 is 5.22. The van der Waals surface area contributed by atoms with Gasteiger partial charge in [0.25, 0.3) is 0 Å². The van der Waals surface area contributed by atoms with Gasteiger partial charge < -0.3 is 9.64 Å². The third-order valence-electron chi connectivity index (χ3n) is 4.10. The van der Waals surface area contributed by atoms with Crippen molar-refractivity contribution in [3.8, 4) is 0 Å². The Kier molecular flexibility index (Phi) is 15.5. The molecule has 0 saturated heterocycles. The van der Waals surface area contributed by atoms with E-state index in [0.29, 0.717) is 6.61 Å². The number of ether oxygens (including phenoxy) is 1. The molecule has 0 heterocycles. The Balaban J connectivity index is 3.45. The highest BCUT2D eigenvalue weighted by Crippen LogP contribution is 2.12. The number of carbonyl (C=O) groups excluding carboxylic acids is 1. The second-order valence-corrected chi connectivity index (χ2v) is 6.80. The van der Waals surface area contributed by atoms with Gasteiger partial charge in [0.2, 0.25) is 0 Å². The Labute approximate surface area is 144 Å². The van der Waals surface area contributed by atoms with Crippen LogP contribution in [0.15, 0.2) is 11.6 Å². The Morgan fingerprint density at radius 1 is 0.913 bits per heavy atom. The molecule has 0 bridgehead atoms. The SMILES string of the molecule is CCCCCCCCCCCCC=C(C)C(=O)OCCN(C)C. The van der Waals surface area contributed by atoms with Crippen LogP contribution in [0, 0.1) is 0 Å². The van der Waals surface area contributed by atoms with E-state index in [1.807, 2.05) is 32.0 Å². The molecule has 0 aliphatic rings. The quantitative estimate of drug-likeness (QED) is 0.231. The number of allylic oxidation sites excluding steroid dienone is 1. The average Bonchev–Trinajstić information content (AvgIpc) is 2.51. The zero-order chi connectivity index (χ0) is 17.3. The molecule has 0 unspecified atom stereocenters. The molecule has 0 N–H and O–H groups in total. The van der Waals surface area contributed by atoms with Crippen molar-refractivity contribution in [2.24, 2.45) is 0 Å². The molecule has 0 amide bonds. The van der Waals surface area contributed by atoms with Crippen molar-refractivity contribution in [2.45, 2.75) is 84.5 Å². The molecule has 0 rings (SSSR count). The second-order valence-electron chi connectivity index (χ2n) is 6.80. The van der Waals surface area contributed by atoms with Gasteiger partial charge in [0.15, 0.2) is 0 Å². The zero-order valence-electron chi connectivity index (χ0n) is 16.0. The summed E-state index contributed by atoms with van der Waals surface area (Å²) >= 11 is 0. The molecule has 0 aliphatic carbocycles. The first kappa shape index (κ1) is 22.2. The van der Waals surface area contributed by atoms with E-state index >= 15 is 0 Å². The van der Waals surface area contributed by atoms with Crippen molar-refractivity contribution in [3.05, 3.63) is 11.6 Å². The molecule has 0 saturated carbocycles. The van der Waals surface area contributed by atoms with Gasteiger partial charge in [-0.25, -0.2) is 4.79 Å². The molecule has 136 valence electrons. The minimum Gasteiger partial charge on any atom is -0.461 e. The standard InChI is InChI=1S/C20H39NO2/c1-5-6-7-8-9-10-11-12-13-14-15-16-19(2)20(22)23-18-17-21(3)4/h16H,5-15,17-18H2,1-4H3. The fourth-order valence-corrected chi connectivity index (χ4v) is 2.47. The van der Waals surface area contributed by atoms with Gasteiger partial charge in [-0.15, -0.1) is 0 Å². The number of carbonyl (C=O) groups is 1. The molecule has 0 fully saturated rings. The fraction of sp³-hybridized carbons (Fsp3) is 0.850. The van der Waals surface area contributed by atoms with Gasteiger partial charge in [-0.05, 0) is 33.9 Å². The van der Waals surface area contributed by atoms with Crippen LogP contribution in [0.3, 0.4) is 0 Å². The Hall–Kier alpha value is -0.830. The van der Waals surface area contributed by atoms with Crippen LogP contribution in [-0.4, -0.2) is 38.1 Å². The number of rotatable bonds is 15. The predicted octanol–water partition coefficient (Wildman–Crippen LogP) is 5.35. The molecule has 0 aromatic carbocycles. The summed E-state index contributed by atoms with van der Waals surface area (Å²) in [6.45, 7) is 5.36. The van der Waals surface area contributed by atoms with Crippen molar-refractivity contribution < 1.29 is 9.53 Å². The maximum atomic E-state index is 11.7. The summed E-state index contributed by atoms with van der Waals surface area (Å²) in [4.78, 5) is 13.7. The van der Waals surface area contributed by atoms with E-state index in [-0.39, 0.29) is 5.97 Å². The van der Waals surface area contributed by atoms with E-state index in [0.717, 1.165) is 18.5 Å². The first-order valence-corrected chi connectivity index (χ1v) is 9.56. The molecule has 3 nitrogen and oxygen atoms in total. The van der Waals surface area contributed by atoms with Gasteiger partial charge >= 0.3 is 5.97 Å². The van der Waals surface area contributed by atoms with Crippen molar-refractivity contribution in [3.63, 3.8) is 0 Å². The number of likely N-dealkylation sites (N-methyl/N-ethyl adjacent to an activating group) is 1. The number of hydrogen-bond acceptors (Lipinski definition) is 3. The van der Waals surface area contributed by atoms with Gasteiger partial charge in [-0.1, -0.05) is 70.8 Å². The number of hydrogen-bond donors (Lipinski definition) is 0. The summed E-state index contributed by atoms with van der Waals surface area (Å²) in [5.41, 5.74) is 0.750. The normalized spacial score (nSPS) is 12.0. The number of nitrogens with zero attached hydrogens (tertiary/aromatic N) is 1. The topological polar surface area (TPSA) is 29.5 Å². The van der Waals surface area contributed by atoms with Crippen LogP contribution >= 0.6 is 0 Å². The second kappa shape index (κ2) is 16.0. The lowest BCUT2D eigenvalue weighted by Crippen LogP contribution is -2.20. The number of unbranched alkanes of at least 4 members (excludes halogenated alkanes) is 10. The van der Waals surface area contributed by atoms with Crippen molar-refractivity contribution >= 4 is 5.97 Å². The molecule has 0 aromatic rings. The lowest BCUT2D eigenvalue weighted by atomic mass is 10.1. The minimum absolute atomic E-state index is 0.168. The Morgan fingerprint density at radius 3 is 1.96 bits per heavy atom. The summed E-state index contributed by atoms with van der Waals surface area (Å²) in [5, 5.41) is 0. The highest BCUT2D eigenvalue weighted by molar-refractivity contribution is 5.87. The number of esters is 1. The molecular weight excluding hydrogens is 286 g/mol. The minimum atomic E-state index is -0.168. The molecule has 0 atom stereocenters. The van der Waals surface area contributed by atoms with E-state index in [1.54, 1.807) is 0 Å².